The fraction of sp³-hybridized carbons (Fsp3) is 0.417. The lowest BCUT2D eigenvalue weighted by Gasteiger charge is -2.41. The van der Waals surface area contributed by atoms with Crippen molar-refractivity contribution in [3.8, 4) is 11.4 Å². The van der Waals surface area contributed by atoms with Crippen molar-refractivity contribution in [2.75, 3.05) is 7.11 Å². The van der Waals surface area contributed by atoms with Crippen LogP contribution in [0.15, 0.2) is 52.1 Å². The third kappa shape index (κ3) is 3.64. The molecule has 2 aliphatic rings. The molecule has 0 amide bonds. The molecule has 2 bridgehead atoms. The molecule has 5 rings (SSSR count). The van der Waals surface area contributed by atoms with Crippen LogP contribution in [0.4, 0.5) is 0 Å². The Morgan fingerprint density at radius 1 is 1.09 bits per heavy atom. The largest absolute Gasteiger partial charge is 0.468 e. The maximum atomic E-state index is 13.9. The first-order valence-electron chi connectivity index (χ1n) is 11.1. The van der Waals surface area contributed by atoms with Crippen molar-refractivity contribution in [3.05, 3.63) is 63.2 Å². The third-order valence-corrected chi connectivity index (χ3v) is 6.66. The minimum Gasteiger partial charge on any atom is -0.468 e. The fourth-order valence-electron chi connectivity index (χ4n) is 5.21. The molecule has 166 valence electrons. The molecule has 2 fully saturated rings. The number of pyridine rings is 1. The molecule has 2 aromatic heterocycles. The monoisotopic (exact) mass is 434 g/mol. The van der Waals surface area contributed by atoms with Gasteiger partial charge >= 0.3 is 5.97 Å². The minimum absolute atomic E-state index is 0.0511. The normalized spacial score (nSPS) is 22.6. The average Bonchev–Trinajstić information content (AvgIpc) is 2.79. The summed E-state index contributed by atoms with van der Waals surface area (Å²) in [5.41, 5.74) is 1.36. The van der Waals surface area contributed by atoms with Crippen LogP contribution in [0.2, 0.25) is 0 Å². The molecule has 8 nitrogen and oxygen atoms in total. The second-order valence-electron chi connectivity index (χ2n) is 8.65. The summed E-state index contributed by atoms with van der Waals surface area (Å²) in [6.45, 7) is -0.281. The molecule has 0 aliphatic carbocycles. The Hall–Kier alpha value is -3.26. The highest BCUT2D eigenvalue weighted by Gasteiger charge is 2.33. The molecule has 3 aromatic rings. The molecule has 2 atom stereocenters. The molecular formula is C24H26N4O4. The smallest absolute Gasteiger partial charge is 0.325 e. The number of esters is 1. The zero-order valence-corrected chi connectivity index (χ0v) is 18.0. The van der Waals surface area contributed by atoms with Gasteiger partial charge in [-0.15, -0.1) is 0 Å². The summed E-state index contributed by atoms with van der Waals surface area (Å²) in [7, 11) is 1.27. The van der Waals surface area contributed by atoms with E-state index < -0.39 is 5.97 Å². The highest BCUT2D eigenvalue weighted by Crippen LogP contribution is 2.34. The highest BCUT2D eigenvalue weighted by atomic mass is 16.5. The van der Waals surface area contributed by atoms with Crippen LogP contribution >= 0.6 is 0 Å². The Kier molecular flexibility index (Phi) is 5.38. The summed E-state index contributed by atoms with van der Waals surface area (Å²) < 4.78 is 7.87. The highest BCUT2D eigenvalue weighted by molar-refractivity contribution is 5.78. The van der Waals surface area contributed by atoms with Crippen molar-refractivity contribution >= 4 is 17.0 Å². The lowest BCUT2D eigenvalue weighted by Crippen LogP contribution is -2.50. The van der Waals surface area contributed by atoms with E-state index in [4.69, 9.17) is 4.74 Å². The van der Waals surface area contributed by atoms with Crippen LogP contribution in [0.3, 0.4) is 0 Å². The molecule has 0 saturated carbocycles. The maximum Gasteiger partial charge on any atom is 0.325 e. The number of fused-ring (bicyclic) bond motifs is 3. The van der Waals surface area contributed by atoms with Crippen LogP contribution in [-0.4, -0.2) is 39.3 Å². The van der Waals surface area contributed by atoms with Gasteiger partial charge in [0.2, 0.25) is 0 Å². The van der Waals surface area contributed by atoms with Gasteiger partial charge in [-0.1, -0.05) is 24.6 Å². The number of carbonyl (C=O) groups is 1. The number of ether oxygens (including phenoxy) is 1. The Balaban J connectivity index is 1.71. The number of nitrogens with one attached hydrogen (secondary N) is 1. The zero-order chi connectivity index (χ0) is 22.2. The van der Waals surface area contributed by atoms with Gasteiger partial charge in [-0.3, -0.25) is 19.0 Å². The number of benzene rings is 1. The van der Waals surface area contributed by atoms with Gasteiger partial charge in [0, 0.05) is 24.2 Å². The summed E-state index contributed by atoms with van der Waals surface area (Å²) in [5.74, 6) is -0.563. The minimum atomic E-state index is -0.563. The molecule has 1 N–H and O–H groups in total. The average molecular weight is 434 g/mol. The van der Waals surface area contributed by atoms with E-state index in [1.807, 2.05) is 28.8 Å². The van der Waals surface area contributed by atoms with Gasteiger partial charge in [0.05, 0.1) is 23.8 Å². The van der Waals surface area contributed by atoms with Gasteiger partial charge in [-0.05, 0) is 43.9 Å². The zero-order valence-electron chi connectivity index (χ0n) is 18.0. The van der Waals surface area contributed by atoms with Crippen molar-refractivity contribution in [1.82, 2.24) is 19.4 Å². The van der Waals surface area contributed by atoms with E-state index in [0.29, 0.717) is 23.3 Å². The van der Waals surface area contributed by atoms with Gasteiger partial charge in [0.1, 0.15) is 6.54 Å². The molecule has 8 heteroatoms. The van der Waals surface area contributed by atoms with E-state index in [0.717, 1.165) is 31.2 Å². The molecule has 32 heavy (non-hydrogen) atoms. The summed E-state index contributed by atoms with van der Waals surface area (Å²) in [5, 5.41) is 3.68. The van der Waals surface area contributed by atoms with Crippen LogP contribution in [0.25, 0.3) is 22.4 Å². The predicted molar refractivity (Wildman–Crippen MR) is 121 cm³/mol. The van der Waals surface area contributed by atoms with Crippen molar-refractivity contribution in [2.45, 2.75) is 56.8 Å². The molecule has 4 heterocycles. The molecule has 2 aliphatic heterocycles. The van der Waals surface area contributed by atoms with Gasteiger partial charge < -0.3 is 14.6 Å². The number of piperidine rings is 2. The third-order valence-electron chi connectivity index (χ3n) is 6.66. The second-order valence-corrected chi connectivity index (χ2v) is 8.65. The van der Waals surface area contributed by atoms with Crippen LogP contribution in [-0.2, 0) is 16.1 Å². The molecular weight excluding hydrogens is 408 g/mol. The van der Waals surface area contributed by atoms with Crippen molar-refractivity contribution in [3.63, 3.8) is 0 Å². The standard InChI is InChI=1S/C24H26N4O4/c1-32-22(30)14-27-20(10-5-11-21(27)29)23-24(31)28(19-9-3-2-8-18(19)26-23)17-12-15-6-4-7-16(13-17)25-15/h2-3,5,8-11,15-17,25H,4,6-7,12-14H2,1H3. The Bertz CT molecular complexity index is 1280. The Morgan fingerprint density at radius 3 is 2.59 bits per heavy atom. The van der Waals surface area contributed by atoms with E-state index >= 15 is 0 Å². The van der Waals surface area contributed by atoms with Crippen LogP contribution in [0, 0.1) is 0 Å². The fourth-order valence-corrected chi connectivity index (χ4v) is 5.21. The molecule has 2 unspecified atom stereocenters. The quantitative estimate of drug-likeness (QED) is 0.633. The van der Waals surface area contributed by atoms with Gasteiger partial charge in [-0.25, -0.2) is 4.98 Å². The topological polar surface area (TPSA) is 95.2 Å². The summed E-state index contributed by atoms with van der Waals surface area (Å²) in [4.78, 5) is 43.0. The van der Waals surface area contributed by atoms with Crippen LogP contribution < -0.4 is 16.4 Å². The number of carbonyl (C=O) groups excluding carboxylic acids is 1. The molecule has 0 radical (unpaired) electrons. The summed E-state index contributed by atoms with van der Waals surface area (Å²) in [6, 6.07) is 13.1. The number of methoxy groups -OCH3 is 1. The van der Waals surface area contributed by atoms with Gasteiger partial charge in [0.15, 0.2) is 5.69 Å². The number of para-hydroxylation sites is 2. The predicted octanol–water partition coefficient (Wildman–Crippen LogP) is 2.24. The Morgan fingerprint density at radius 2 is 1.84 bits per heavy atom. The van der Waals surface area contributed by atoms with Gasteiger partial charge in [-0.2, -0.15) is 0 Å². The van der Waals surface area contributed by atoms with E-state index in [1.54, 1.807) is 12.1 Å². The number of hydrogen-bond donors (Lipinski definition) is 1. The van der Waals surface area contributed by atoms with E-state index in [1.165, 1.54) is 24.2 Å². The molecule has 1 aromatic carbocycles. The van der Waals surface area contributed by atoms with Crippen LogP contribution in [0.1, 0.15) is 38.1 Å². The second kappa shape index (κ2) is 8.35. The van der Waals surface area contributed by atoms with E-state index in [2.05, 4.69) is 10.3 Å². The maximum absolute atomic E-state index is 13.9. The summed E-state index contributed by atoms with van der Waals surface area (Å²) >= 11 is 0. The number of hydrogen-bond acceptors (Lipinski definition) is 6. The number of aromatic nitrogens is 3. The van der Waals surface area contributed by atoms with E-state index in [9.17, 15) is 14.4 Å². The SMILES string of the molecule is COC(=O)Cn1c(-c2nc3ccccc3n(C3CC4CCCC(C3)N4)c2=O)cccc1=O. The lowest BCUT2D eigenvalue weighted by molar-refractivity contribution is -0.141. The first-order chi connectivity index (χ1) is 15.5. The van der Waals surface area contributed by atoms with Crippen molar-refractivity contribution in [1.29, 1.82) is 0 Å². The van der Waals surface area contributed by atoms with Crippen molar-refractivity contribution in [2.24, 2.45) is 0 Å². The Labute approximate surface area is 184 Å². The van der Waals surface area contributed by atoms with Crippen molar-refractivity contribution < 1.29 is 9.53 Å². The van der Waals surface area contributed by atoms with Crippen LogP contribution in [0.5, 0.6) is 0 Å². The molecule has 0 spiro atoms. The molecule has 2 saturated heterocycles. The first kappa shape index (κ1) is 20.6. The number of rotatable bonds is 4. The first-order valence-corrected chi connectivity index (χ1v) is 11.1. The van der Waals surface area contributed by atoms with E-state index in [-0.39, 0.29) is 29.4 Å². The number of nitrogens with zero attached hydrogens (tertiary/aromatic N) is 3. The van der Waals surface area contributed by atoms with Gasteiger partial charge in [0.25, 0.3) is 11.1 Å². The lowest BCUT2D eigenvalue weighted by atomic mass is 9.84. The summed E-state index contributed by atoms with van der Waals surface area (Å²) in [6.07, 6.45) is 5.22.